The van der Waals surface area contributed by atoms with E-state index >= 15 is 0 Å². The smallest absolute Gasteiger partial charge is 0.337 e. The third-order valence-electron chi connectivity index (χ3n) is 5.36. The van der Waals surface area contributed by atoms with Crippen LogP contribution < -0.4 is 5.32 Å². The topological polar surface area (TPSA) is 75.0 Å². The Morgan fingerprint density at radius 1 is 1.20 bits per heavy atom. The van der Waals surface area contributed by atoms with Crippen molar-refractivity contribution in [3.63, 3.8) is 0 Å². The summed E-state index contributed by atoms with van der Waals surface area (Å²) in [4.78, 5) is 28.6. The second-order valence-corrected chi connectivity index (χ2v) is 8.01. The molecule has 1 N–H and O–H groups in total. The molecule has 3 rings (SSSR count). The monoisotopic (exact) mass is 413 g/mol. The van der Waals surface area contributed by atoms with Crippen molar-refractivity contribution >= 4 is 12.0 Å². The second-order valence-electron chi connectivity index (χ2n) is 8.01. The van der Waals surface area contributed by atoms with E-state index in [0.717, 1.165) is 43.8 Å². The number of esters is 1. The van der Waals surface area contributed by atoms with Gasteiger partial charge in [-0.25, -0.2) is 9.59 Å². The molecule has 0 unspecified atom stereocenters. The first-order valence-electron chi connectivity index (χ1n) is 10.5. The lowest BCUT2D eigenvalue weighted by atomic mass is 10.0. The van der Waals surface area contributed by atoms with Gasteiger partial charge >= 0.3 is 12.0 Å². The molecule has 2 amide bonds. The Hall–Kier alpha value is -2.80. The van der Waals surface area contributed by atoms with Crippen molar-refractivity contribution < 1.29 is 18.7 Å². The minimum absolute atomic E-state index is 0.0433. The summed E-state index contributed by atoms with van der Waals surface area (Å²) in [6, 6.07) is 11.5. The van der Waals surface area contributed by atoms with Gasteiger partial charge in [-0.15, -0.1) is 0 Å². The summed E-state index contributed by atoms with van der Waals surface area (Å²) in [5.41, 5.74) is 1.72. The predicted octanol–water partition coefficient (Wildman–Crippen LogP) is 3.65. The maximum atomic E-state index is 12.8. The van der Waals surface area contributed by atoms with Crippen LogP contribution >= 0.6 is 0 Å². The minimum Gasteiger partial charge on any atom is -0.467 e. The highest BCUT2D eigenvalue weighted by Gasteiger charge is 2.29. The molecule has 7 nitrogen and oxygen atoms in total. The van der Waals surface area contributed by atoms with Crippen molar-refractivity contribution in [1.82, 2.24) is 15.1 Å². The summed E-state index contributed by atoms with van der Waals surface area (Å²) < 4.78 is 10.2. The van der Waals surface area contributed by atoms with Crippen molar-refractivity contribution in [3.05, 3.63) is 59.5 Å². The van der Waals surface area contributed by atoms with E-state index in [1.807, 2.05) is 43.0 Å². The lowest BCUT2D eigenvalue weighted by Gasteiger charge is -2.38. The molecule has 7 heteroatoms. The number of rotatable bonds is 7. The van der Waals surface area contributed by atoms with Crippen LogP contribution in [0.1, 0.15) is 48.4 Å². The van der Waals surface area contributed by atoms with Crippen LogP contribution in [0.5, 0.6) is 0 Å². The Kier molecular flexibility index (Phi) is 7.52. The van der Waals surface area contributed by atoms with Gasteiger partial charge in [0.2, 0.25) is 0 Å². The van der Waals surface area contributed by atoms with Gasteiger partial charge in [-0.1, -0.05) is 12.1 Å². The molecule has 1 aliphatic rings. The zero-order valence-electron chi connectivity index (χ0n) is 18.0. The van der Waals surface area contributed by atoms with Crippen molar-refractivity contribution in [2.24, 2.45) is 0 Å². The first-order chi connectivity index (χ1) is 14.5. The largest absolute Gasteiger partial charge is 0.467 e. The zero-order chi connectivity index (χ0) is 21.5. The number of furan rings is 1. The molecule has 1 aromatic heterocycles. The van der Waals surface area contributed by atoms with E-state index in [1.54, 1.807) is 18.4 Å². The summed E-state index contributed by atoms with van der Waals surface area (Å²) in [5, 5.41) is 3.02. The maximum absolute atomic E-state index is 12.8. The number of hydrogen-bond donors (Lipinski definition) is 1. The summed E-state index contributed by atoms with van der Waals surface area (Å²) in [6.07, 6.45) is 3.46. The van der Waals surface area contributed by atoms with Gasteiger partial charge < -0.3 is 19.4 Å². The second kappa shape index (κ2) is 10.3. The minimum atomic E-state index is -0.321. The van der Waals surface area contributed by atoms with Gasteiger partial charge in [0.25, 0.3) is 0 Å². The number of ether oxygens (including phenoxy) is 1. The fourth-order valence-corrected chi connectivity index (χ4v) is 3.78. The highest BCUT2D eigenvalue weighted by molar-refractivity contribution is 5.89. The molecule has 0 spiro atoms. The van der Waals surface area contributed by atoms with Crippen LogP contribution in [0.2, 0.25) is 0 Å². The van der Waals surface area contributed by atoms with Gasteiger partial charge in [-0.2, -0.15) is 0 Å². The number of benzene rings is 1. The van der Waals surface area contributed by atoms with Crippen LogP contribution in [0.3, 0.4) is 0 Å². The van der Waals surface area contributed by atoms with Gasteiger partial charge in [-0.05, 0) is 56.5 Å². The number of likely N-dealkylation sites (tertiary alicyclic amines) is 1. The molecule has 1 aliphatic heterocycles. The number of urea groups is 1. The SMILES string of the molecule is COC(=O)c1ccc(CN2CCC(N(Cc3ccco3)C(=O)NC(C)C)CC2)cc1. The van der Waals surface area contributed by atoms with Crippen LogP contribution in [0.4, 0.5) is 4.79 Å². The molecule has 2 heterocycles. The standard InChI is InChI=1S/C23H31N3O4/c1-17(2)24-23(28)26(16-21-5-4-14-30-21)20-10-12-25(13-11-20)15-18-6-8-19(9-7-18)22(27)29-3/h4-9,14,17,20H,10-13,15-16H2,1-3H3,(H,24,28). The number of carbonyl (C=O) groups is 2. The number of nitrogens with zero attached hydrogens (tertiary/aromatic N) is 2. The average molecular weight is 414 g/mol. The number of amides is 2. The quantitative estimate of drug-likeness (QED) is 0.702. The Balaban J connectivity index is 1.57. The highest BCUT2D eigenvalue weighted by Crippen LogP contribution is 2.21. The molecule has 0 saturated carbocycles. The van der Waals surface area contributed by atoms with E-state index in [0.29, 0.717) is 12.1 Å². The Bertz CT molecular complexity index is 809. The molecule has 1 aromatic carbocycles. The Morgan fingerprint density at radius 2 is 1.90 bits per heavy atom. The molecule has 30 heavy (non-hydrogen) atoms. The molecule has 0 atom stereocenters. The third kappa shape index (κ3) is 5.86. The van der Waals surface area contributed by atoms with Crippen LogP contribution in [-0.2, 0) is 17.8 Å². The first kappa shape index (κ1) is 21.9. The fraction of sp³-hybridized carbons (Fsp3) is 0.478. The van der Waals surface area contributed by atoms with E-state index in [-0.39, 0.29) is 24.1 Å². The molecular formula is C23H31N3O4. The predicted molar refractivity (Wildman–Crippen MR) is 114 cm³/mol. The van der Waals surface area contributed by atoms with Crippen LogP contribution in [0, 0.1) is 0 Å². The van der Waals surface area contributed by atoms with Gasteiger partial charge in [0.05, 0.1) is 25.5 Å². The van der Waals surface area contributed by atoms with E-state index < -0.39 is 0 Å². The molecule has 0 aliphatic carbocycles. The lowest BCUT2D eigenvalue weighted by Crippen LogP contribution is -2.51. The Morgan fingerprint density at radius 3 is 2.47 bits per heavy atom. The lowest BCUT2D eigenvalue weighted by molar-refractivity contribution is 0.0600. The highest BCUT2D eigenvalue weighted by atomic mass is 16.5. The first-order valence-corrected chi connectivity index (χ1v) is 10.5. The van der Waals surface area contributed by atoms with Crippen molar-refractivity contribution in [1.29, 1.82) is 0 Å². The van der Waals surface area contributed by atoms with Gasteiger partial charge in [0.1, 0.15) is 5.76 Å². The molecule has 2 aromatic rings. The van der Waals surface area contributed by atoms with Gasteiger partial charge in [0, 0.05) is 31.7 Å². The third-order valence-corrected chi connectivity index (χ3v) is 5.36. The molecule has 0 radical (unpaired) electrons. The number of piperidine rings is 1. The number of nitrogens with one attached hydrogen (secondary N) is 1. The molecule has 162 valence electrons. The van der Waals surface area contributed by atoms with E-state index in [9.17, 15) is 9.59 Å². The van der Waals surface area contributed by atoms with Gasteiger partial charge in [0.15, 0.2) is 0 Å². The normalized spacial score (nSPS) is 15.2. The molecule has 1 fully saturated rings. The van der Waals surface area contributed by atoms with Gasteiger partial charge in [-0.3, -0.25) is 4.90 Å². The average Bonchev–Trinajstić information content (AvgIpc) is 3.25. The molecule has 1 saturated heterocycles. The fourth-order valence-electron chi connectivity index (χ4n) is 3.78. The summed E-state index contributed by atoms with van der Waals surface area (Å²) >= 11 is 0. The summed E-state index contributed by atoms with van der Waals surface area (Å²) in [5.74, 6) is 0.473. The van der Waals surface area contributed by atoms with E-state index in [4.69, 9.17) is 9.15 Å². The molecular weight excluding hydrogens is 382 g/mol. The Labute approximate surface area is 178 Å². The summed E-state index contributed by atoms with van der Waals surface area (Å²) in [7, 11) is 1.39. The van der Waals surface area contributed by atoms with E-state index in [1.165, 1.54) is 7.11 Å². The van der Waals surface area contributed by atoms with Crippen LogP contribution in [-0.4, -0.2) is 54.1 Å². The van der Waals surface area contributed by atoms with Crippen molar-refractivity contribution in [2.45, 2.75) is 51.9 Å². The zero-order valence-corrected chi connectivity index (χ0v) is 18.0. The number of hydrogen-bond acceptors (Lipinski definition) is 5. The number of carbonyl (C=O) groups excluding carboxylic acids is 2. The van der Waals surface area contributed by atoms with Crippen molar-refractivity contribution in [3.8, 4) is 0 Å². The number of methoxy groups -OCH3 is 1. The maximum Gasteiger partial charge on any atom is 0.337 e. The molecule has 0 bridgehead atoms. The van der Waals surface area contributed by atoms with Crippen LogP contribution in [0.15, 0.2) is 47.1 Å². The van der Waals surface area contributed by atoms with Crippen LogP contribution in [0.25, 0.3) is 0 Å². The van der Waals surface area contributed by atoms with E-state index in [2.05, 4.69) is 10.2 Å². The van der Waals surface area contributed by atoms with Crippen molar-refractivity contribution in [2.75, 3.05) is 20.2 Å². The summed E-state index contributed by atoms with van der Waals surface area (Å²) in [6.45, 7) is 7.06.